The second-order valence-corrected chi connectivity index (χ2v) is 6.87. The standard InChI is InChI=1S/C16H10N2.2C6H5NO2.2Pt/c1-3-11-17-15(5-1)13-7-9-14(10-8-13)16-6-2-4-12-18-16;2*8-6(9)5-3-1-2-4-7-5;;/h1-7,10-12H;2*1-4H,(H,8,9);;/q-2;;;;. The summed E-state index contributed by atoms with van der Waals surface area (Å²) in [4.78, 5) is 36.0. The minimum absolute atomic E-state index is 0. The van der Waals surface area contributed by atoms with Crippen LogP contribution in [0.3, 0.4) is 0 Å². The van der Waals surface area contributed by atoms with Gasteiger partial charge in [0.25, 0.3) is 0 Å². The average Bonchev–Trinajstić information content (AvgIpc) is 2.96. The molecule has 8 nitrogen and oxygen atoms in total. The molecule has 1 aromatic carbocycles. The maximum Gasteiger partial charge on any atom is 0.354 e. The van der Waals surface area contributed by atoms with E-state index >= 15 is 0 Å². The Morgan fingerprint density at radius 3 is 1.08 bits per heavy atom. The SMILES string of the molecule is O=C(O)c1ccccn1.O=C(O)c1ccccn1.[Pt].[Pt].[c-]1cc(-c2ccccn2)[c-]cc1-c1ccccn1. The number of nitrogens with zero attached hydrogens (tertiary/aromatic N) is 4. The van der Waals surface area contributed by atoms with Gasteiger partial charge in [-0.05, 0) is 36.4 Å². The Kier molecular flexibility index (Phi) is 14.9. The van der Waals surface area contributed by atoms with Crippen molar-refractivity contribution in [3.8, 4) is 22.5 Å². The van der Waals surface area contributed by atoms with Crippen molar-refractivity contribution in [2.75, 3.05) is 0 Å². The molecule has 38 heavy (non-hydrogen) atoms. The first-order valence-corrected chi connectivity index (χ1v) is 10.6. The van der Waals surface area contributed by atoms with E-state index in [4.69, 9.17) is 10.2 Å². The first kappa shape index (κ1) is 32.2. The zero-order chi connectivity index (χ0) is 25.6. The molecule has 0 radical (unpaired) electrons. The maximum absolute atomic E-state index is 10.1. The van der Waals surface area contributed by atoms with E-state index in [1.54, 1.807) is 36.7 Å². The summed E-state index contributed by atoms with van der Waals surface area (Å²) >= 11 is 0. The van der Waals surface area contributed by atoms with E-state index in [9.17, 15) is 9.59 Å². The third kappa shape index (κ3) is 10.6. The minimum Gasteiger partial charge on any atom is -0.477 e. The smallest absolute Gasteiger partial charge is 0.354 e. The number of hydrogen-bond donors (Lipinski definition) is 2. The van der Waals surface area contributed by atoms with Gasteiger partial charge in [-0.3, -0.25) is 0 Å². The molecule has 0 aliphatic carbocycles. The number of benzene rings is 1. The predicted octanol–water partition coefficient (Wildman–Crippen LogP) is 4.97. The van der Waals surface area contributed by atoms with Gasteiger partial charge in [-0.25, -0.2) is 54.9 Å². The third-order valence-corrected chi connectivity index (χ3v) is 4.39. The van der Waals surface area contributed by atoms with Crippen molar-refractivity contribution < 1.29 is 61.9 Å². The van der Waals surface area contributed by atoms with E-state index in [1.165, 1.54) is 24.5 Å². The maximum atomic E-state index is 10.1. The van der Waals surface area contributed by atoms with Crippen LogP contribution in [0, 0.1) is 12.1 Å². The van der Waals surface area contributed by atoms with Gasteiger partial charge in [0, 0.05) is 66.9 Å². The summed E-state index contributed by atoms with van der Waals surface area (Å²) in [5.74, 6) is -1.98. The summed E-state index contributed by atoms with van der Waals surface area (Å²) < 4.78 is 0. The van der Waals surface area contributed by atoms with Crippen molar-refractivity contribution in [1.82, 2.24) is 19.9 Å². The molecule has 0 saturated heterocycles. The van der Waals surface area contributed by atoms with Gasteiger partial charge in [0.15, 0.2) is 0 Å². The van der Waals surface area contributed by atoms with Crippen LogP contribution in [0.15, 0.2) is 110 Å². The van der Waals surface area contributed by atoms with Crippen LogP contribution in [0.1, 0.15) is 21.0 Å². The summed E-state index contributed by atoms with van der Waals surface area (Å²) in [6, 6.07) is 31.4. The summed E-state index contributed by atoms with van der Waals surface area (Å²) in [5, 5.41) is 16.6. The van der Waals surface area contributed by atoms with E-state index in [1.807, 2.05) is 48.5 Å². The fraction of sp³-hybridized carbons (Fsp3) is 0. The molecular formula is C28H20N4O4Pt2-2. The largest absolute Gasteiger partial charge is 0.477 e. The van der Waals surface area contributed by atoms with Crippen molar-refractivity contribution >= 4 is 11.9 Å². The molecule has 0 unspecified atom stereocenters. The number of hydrogen-bond acceptors (Lipinski definition) is 6. The molecule has 0 fully saturated rings. The number of aromatic carboxylic acids is 2. The van der Waals surface area contributed by atoms with E-state index in [0.717, 1.165) is 22.5 Å². The molecule has 4 heterocycles. The molecule has 0 amide bonds. The van der Waals surface area contributed by atoms with E-state index in [0.29, 0.717) is 0 Å². The molecule has 0 atom stereocenters. The number of rotatable bonds is 4. The number of aromatic nitrogens is 4. The monoisotopic (exact) mass is 866 g/mol. The van der Waals surface area contributed by atoms with Crippen molar-refractivity contribution in [3.05, 3.63) is 133 Å². The van der Waals surface area contributed by atoms with Crippen LogP contribution in [-0.2, 0) is 42.1 Å². The first-order chi connectivity index (χ1) is 17.5. The molecule has 2 N–H and O–H groups in total. The van der Waals surface area contributed by atoms with E-state index < -0.39 is 11.9 Å². The van der Waals surface area contributed by atoms with Crippen LogP contribution < -0.4 is 0 Å². The molecular weight excluding hydrogens is 846 g/mol. The Hall–Kier alpha value is -3.86. The Morgan fingerprint density at radius 1 is 0.526 bits per heavy atom. The topological polar surface area (TPSA) is 126 Å². The van der Waals surface area contributed by atoms with Gasteiger partial charge in [0.05, 0.1) is 0 Å². The Balaban J connectivity index is 0.000000308. The van der Waals surface area contributed by atoms with Gasteiger partial charge in [-0.1, -0.05) is 47.8 Å². The van der Waals surface area contributed by atoms with Gasteiger partial charge < -0.3 is 20.2 Å². The quantitative estimate of drug-likeness (QED) is 0.243. The number of carbonyl (C=O) groups is 2. The van der Waals surface area contributed by atoms with Crippen LogP contribution in [0.2, 0.25) is 0 Å². The molecule has 4 aromatic heterocycles. The van der Waals surface area contributed by atoms with Crippen LogP contribution in [0.25, 0.3) is 22.5 Å². The minimum atomic E-state index is -0.990. The van der Waals surface area contributed by atoms with E-state index in [2.05, 4.69) is 32.1 Å². The third-order valence-electron chi connectivity index (χ3n) is 4.39. The Labute approximate surface area is 248 Å². The summed E-state index contributed by atoms with van der Waals surface area (Å²) in [6.45, 7) is 0. The van der Waals surface area contributed by atoms with Gasteiger partial charge in [-0.2, -0.15) is 0 Å². The van der Waals surface area contributed by atoms with Gasteiger partial charge in [0.2, 0.25) is 0 Å². The number of pyridine rings is 4. The first-order valence-electron chi connectivity index (χ1n) is 10.6. The normalized spacial score (nSPS) is 9.05. The van der Waals surface area contributed by atoms with Gasteiger partial charge >= 0.3 is 11.9 Å². The second kappa shape index (κ2) is 17.6. The van der Waals surface area contributed by atoms with Crippen molar-refractivity contribution in [2.24, 2.45) is 0 Å². The molecule has 0 aliphatic rings. The molecule has 5 aromatic rings. The molecule has 10 heteroatoms. The second-order valence-electron chi connectivity index (χ2n) is 6.87. The molecule has 0 bridgehead atoms. The molecule has 0 aliphatic heterocycles. The molecule has 5 rings (SSSR count). The van der Waals surface area contributed by atoms with Crippen molar-refractivity contribution in [2.45, 2.75) is 0 Å². The van der Waals surface area contributed by atoms with E-state index in [-0.39, 0.29) is 53.5 Å². The fourth-order valence-corrected chi connectivity index (χ4v) is 2.70. The van der Waals surface area contributed by atoms with Crippen molar-refractivity contribution in [3.63, 3.8) is 0 Å². The predicted molar refractivity (Wildman–Crippen MR) is 133 cm³/mol. The van der Waals surface area contributed by atoms with Gasteiger partial charge in [-0.15, -0.1) is 0 Å². The van der Waals surface area contributed by atoms with Gasteiger partial charge in [0.1, 0.15) is 11.4 Å². The molecule has 0 saturated carbocycles. The van der Waals surface area contributed by atoms with Crippen molar-refractivity contribution in [1.29, 1.82) is 0 Å². The number of carboxylic acids is 2. The molecule has 0 spiro atoms. The Morgan fingerprint density at radius 2 is 0.868 bits per heavy atom. The van der Waals surface area contributed by atoms with Crippen LogP contribution in [-0.4, -0.2) is 42.1 Å². The summed E-state index contributed by atoms with van der Waals surface area (Å²) in [5.41, 5.74) is 3.85. The Bertz CT molecular complexity index is 1250. The van der Waals surface area contributed by atoms with Crippen LogP contribution in [0.4, 0.5) is 0 Å². The summed E-state index contributed by atoms with van der Waals surface area (Å²) in [7, 11) is 0. The van der Waals surface area contributed by atoms with Crippen LogP contribution in [0.5, 0.6) is 0 Å². The summed E-state index contributed by atoms with van der Waals surface area (Å²) in [6.07, 6.45) is 6.44. The van der Waals surface area contributed by atoms with Crippen LogP contribution >= 0.6 is 0 Å². The average molecular weight is 867 g/mol. The molecule has 198 valence electrons. The number of carboxylic acid groups (broad SMARTS) is 2. The fourth-order valence-electron chi connectivity index (χ4n) is 2.70. The zero-order valence-corrected chi connectivity index (χ0v) is 24.1. The zero-order valence-electron chi connectivity index (χ0n) is 19.5.